The van der Waals surface area contributed by atoms with Crippen LogP contribution in [0.3, 0.4) is 0 Å². The van der Waals surface area contributed by atoms with E-state index in [1.54, 1.807) is 0 Å². The molecule has 1 aliphatic carbocycles. The fraction of sp³-hybridized carbons (Fsp3) is 0.625. The average Bonchev–Trinajstić information content (AvgIpc) is 2.55. The molecule has 1 heteroatoms. The van der Waals surface area contributed by atoms with Gasteiger partial charge in [-0.15, -0.1) is 0 Å². The summed E-state index contributed by atoms with van der Waals surface area (Å²) in [6.45, 7) is 4.42. The highest BCUT2D eigenvalue weighted by molar-refractivity contribution is 5.14. The van der Waals surface area contributed by atoms with Gasteiger partial charge >= 0.3 is 0 Å². The first kappa shape index (κ1) is 12.6. The molecule has 1 saturated carbocycles. The highest BCUT2D eigenvalue weighted by atomic mass is 16.3. The second-order valence-corrected chi connectivity index (χ2v) is 6.11. The zero-order valence-electron chi connectivity index (χ0n) is 11.1. The van der Waals surface area contributed by atoms with E-state index >= 15 is 0 Å². The predicted octanol–water partition coefficient (Wildman–Crippen LogP) is 3.95. The van der Waals surface area contributed by atoms with Crippen molar-refractivity contribution < 1.29 is 5.11 Å². The van der Waals surface area contributed by atoms with Gasteiger partial charge in [-0.1, -0.05) is 44.2 Å². The van der Waals surface area contributed by atoms with E-state index in [9.17, 15) is 5.11 Å². The van der Waals surface area contributed by atoms with Gasteiger partial charge in [0, 0.05) is 0 Å². The lowest BCUT2D eigenvalue weighted by Crippen LogP contribution is -2.39. The zero-order valence-corrected chi connectivity index (χ0v) is 11.1. The summed E-state index contributed by atoms with van der Waals surface area (Å²) in [5.74, 6) is 0. The van der Waals surface area contributed by atoms with Crippen LogP contribution < -0.4 is 0 Å². The Hall–Kier alpha value is -0.820. The van der Waals surface area contributed by atoms with E-state index in [1.807, 2.05) is 0 Å². The second kappa shape index (κ2) is 4.81. The predicted molar refractivity (Wildman–Crippen MR) is 72.0 cm³/mol. The molecule has 0 radical (unpaired) electrons. The highest BCUT2D eigenvalue weighted by Crippen LogP contribution is 2.48. The number of aryl methyl sites for hydroxylation is 1. The van der Waals surface area contributed by atoms with E-state index in [4.69, 9.17) is 0 Å². The summed E-state index contributed by atoms with van der Waals surface area (Å²) >= 11 is 0. The molecule has 17 heavy (non-hydrogen) atoms. The van der Waals surface area contributed by atoms with Crippen LogP contribution in [0.1, 0.15) is 51.5 Å². The first-order valence-electron chi connectivity index (χ1n) is 6.80. The van der Waals surface area contributed by atoms with Gasteiger partial charge in [0.25, 0.3) is 0 Å². The third-order valence-electron chi connectivity index (χ3n) is 4.55. The van der Waals surface area contributed by atoms with E-state index in [-0.39, 0.29) is 5.41 Å². The summed E-state index contributed by atoms with van der Waals surface area (Å²) in [6.07, 6.45) is 6.43. The van der Waals surface area contributed by atoms with Crippen LogP contribution in [-0.4, -0.2) is 10.7 Å². The van der Waals surface area contributed by atoms with Gasteiger partial charge in [-0.2, -0.15) is 0 Å². The topological polar surface area (TPSA) is 20.2 Å². The van der Waals surface area contributed by atoms with Crippen molar-refractivity contribution in [2.75, 3.05) is 0 Å². The van der Waals surface area contributed by atoms with Crippen molar-refractivity contribution in [1.82, 2.24) is 0 Å². The molecule has 1 nitrogen and oxygen atoms in total. The lowest BCUT2D eigenvalue weighted by Gasteiger charge is -2.37. The Morgan fingerprint density at radius 3 is 2.41 bits per heavy atom. The van der Waals surface area contributed by atoms with Crippen molar-refractivity contribution in [3.8, 4) is 0 Å². The minimum absolute atomic E-state index is 0.101. The molecule has 0 spiro atoms. The molecule has 2 rings (SSSR count). The van der Waals surface area contributed by atoms with E-state index in [1.165, 1.54) is 12.0 Å². The van der Waals surface area contributed by atoms with Gasteiger partial charge < -0.3 is 5.11 Å². The fourth-order valence-corrected chi connectivity index (χ4v) is 3.09. The molecule has 0 saturated heterocycles. The summed E-state index contributed by atoms with van der Waals surface area (Å²) in [5.41, 5.74) is 1.05. The van der Waals surface area contributed by atoms with Crippen LogP contribution in [0.2, 0.25) is 0 Å². The Kier molecular flexibility index (Phi) is 3.58. The molecule has 1 unspecified atom stereocenters. The summed E-state index contributed by atoms with van der Waals surface area (Å²) in [6, 6.07) is 10.6. The molecule has 0 bridgehead atoms. The van der Waals surface area contributed by atoms with E-state index in [0.717, 1.165) is 32.1 Å². The van der Waals surface area contributed by atoms with Gasteiger partial charge in [-0.05, 0) is 49.5 Å². The van der Waals surface area contributed by atoms with Crippen LogP contribution in [0.25, 0.3) is 0 Å². The van der Waals surface area contributed by atoms with E-state index < -0.39 is 5.60 Å². The SMILES string of the molecule is CC1(C)CCCC1(O)CCCc1ccccc1. The largest absolute Gasteiger partial charge is 0.389 e. The average molecular weight is 232 g/mol. The Morgan fingerprint density at radius 1 is 1.12 bits per heavy atom. The van der Waals surface area contributed by atoms with Crippen LogP contribution in [-0.2, 0) is 6.42 Å². The first-order valence-corrected chi connectivity index (χ1v) is 6.80. The summed E-state index contributed by atoms with van der Waals surface area (Å²) in [7, 11) is 0. The lowest BCUT2D eigenvalue weighted by molar-refractivity contribution is -0.0506. The van der Waals surface area contributed by atoms with Gasteiger partial charge in [-0.3, -0.25) is 0 Å². The molecule has 1 atom stereocenters. The molecule has 1 aromatic carbocycles. The summed E-state index contributed by atoms with van der Waals surface area (Å²) in [4.78, 5) is 0. The number of rotatable bonds is 4. The molecule has 1 N–H and O–H groups in total. The Balaban J connectivity index is 1.86. The third-order valence-corrected chi connectivity index (χ3v) is 4.55. The van der Waals surface area contributed by atoms with E-state index in [2.05, 4.69) is 44.2 Å². The highest BCUT2D eigenvalue weighted by Gasteiger charge is 2.46. The molecule has 1 aromatic rings. The maximum atomic E-state index is 10.7. The van der Waals surface area contributed by atoms with Crippen LogP contribution in [0.5, 0.6) is 0 Å². The first-order chi connectivity index (χ1) is 8.04. The minimum Gasteiger partial charge on any atom is -0.389 e. The van der Waals surface area contributed by atoms with Gasteiger partial charge in [0.2, 0.25) is 0 Å². The van der Waals surface area contributed by atoms with Crippen molar-refractivity contribution in [3.05, 3.63) is 35.9 Å². The normalized spacial score (nSPS) is 27.2. The molecule has 1 aliphatic rings. The number of aliphatic hydroxyl groups is 1. The molecular formula is C16H24O. The summed E-state index contributed by atoms with van der Waals surface area (Å²) in [5, 5.41) is 10.7. The third kappa shape index (κ3) is 2.71. The molecule has 0 aliphatic heterocycles. The van der Waals surface area contributed by atoms with E-state index in [0.29, 0.717) is 0 Å². The molecule has 1 fully saturated rings. The van der Waals surface area contributed by atoms with Crippen molar-refractivity contribution in [1.29, 1.82) is 0 Å². The Bertz CT molecular complexity index is 355. The zero-order chi connectivity index (χ0) is 12.4. The van der Waals surface area contributed by atoms with Crippen molar-refractivity contribution in [2.45, 2.75) is 58.0 Å². The molecular weight excluding hydrogens is 208 g/mol. The number of hydrogen-bond acceptors (Lipinski definition) is 1. The molecule has 94 valence electrons. The Labute approximate surface area is 105 Å². The maximum Gasteiger partial charge on any atom is 0.0698 e. The Morgan fingerprint density at radius 2 is 1.82 bits per heavy atom. The van der Waals surface area contributed by atoms with Crippen molar-refractivity contribution in [2.24, 2.45) is 5.41 Å². The summed E-state index contributed by atoms with van der Waals surface area (Å²) < 4.78 is 0. The fourth-order valence-electron chi connectivity index (χ4n) is 3.09. The molecule has 0 aromatic heterocycles. The monoisotopic (exact) mass is 232 g/mol. The maximum absolute atomic E-state index is 10.7. The van der Waals surface area contributed by atoms with Gasteiger partial charge in [0.1, 0.15) is 0 Å². The minimum atomic E-state index is -0.429. The van der Waals surface area contributed by atoms with Crippen molar-refractivity contribution >= 4 is 0 Å². The lowest BCUT2D eigenvalue weighted by atomic mass is 9.75. The van der Waals surface area contributed by atoms with Crippen LogP contribution in [0.15, 0.2) is 30.3 Å². The standard InChI is InChI=1S/C16H24O/c1-15(2)11-7-13-16(15,17)12-6-10-14-8-4-3-5-9-14/h3-5,8-9,17H,6-7,10-13H2,1-2H3. The second-order valence-electron chi connectivity index (χ2n) is 6.11. The molecule has 0 amide bonds. The van der Waals surface area contributed by atoms with Crippen LogP contribution in [0.4, 0.5) is 0 Å². The van der Waals surface area contributed by atoms with Crippen LogP contribution >= 0.6 is 0 Å². The van der Waals surface area contributed by atoms with Crippen LogP contribution in [0, 0.1) is 5.41 Å². The number of hydrogen-bond donors (Lipinski definition) is 1. The van der Waals surface area contributed by atoms with Crippen molar-refractivity contribution in [3.63, 3.8) is 0 Å². The quantitative estimate of drug-likeness (QED) is 0.833. The smallest absolute Gasteiger partial charge is 0.0698 e. The van der Waals surface area contributed by atoms with Gasteiger partial charge in [0.15, 0.2) is 0 Å². The van der Waals surface area contributed by atoms with Gasteiger partial charge in [0.05, 0.1) is 5.60 Å². The molecule has 0 heterocycles. The van der Waals surface area contributed by atoms with Gasteiger partial charge in [-0.25, -0.2) is 0 Å². The number of benzene rings is 1.